The third-order valence-corrected chi connectivity index (χ3v) is 7.48. The van der Waals surface area contributed by atoms with Crippen LogP contribution in [0.1, 0.15) is 46.0 Å². The fourth-order valence-electron chi connectivity index (χ4n) is 5.93. The minimum absolute atomic E-state index is 0.0363. The van der Waals surface area contributed by atoms with E-state index in [1.165, 1.54) is 17.0 Å². The molecule has 2 N–H and O–H groups in total. The van der Waals surface area contributed by atoms with Crippen molar-refractivity contribution < 1.29 is 37.0 Å². The summed E-state index contributed by atoms with van der Waals surface area (Å²) >= 11 is 0. The summed E-state index contributed by atoms with van der Waals surface area (Å²) < 4.78 is 46.3. The molecule has 0 radical (unpaired) electrons. The first kappa shape index (κ1) is 27.5. The third kappa shape index (κ3) is 6.49. The number of alkyl halides is 3. The van der Waals surface area contributed by atoms with Gasteiger partial charge in [-0.3, -0.25) is 14.4 Å². The van der Waals surface area contributed by atoms with Crippen molar-refractivity contribution in [1.29, 1.82) is 5.26 Å². The summed E-state index contributed by atoms with van der Waals surface area (Å²) in [5.74, 6) is -1.50. The predicted octanol–water partition coefficient (Wildman–Crippen LogP) is 2.90. The number of rotatable bonds is 8. The molecule has 2 heterocycles. The van der Waals surface area contributed by atoms with Crippen molar-refractivity contribution in [2.24, 2.45) is 17.8 Å². The number of carbonyl (C=O) groups excluding carboxylic acids is 3. The van der Waals surface area contributed by atoms with Crippen LogP contribution in [0.4, 0.5) is 13.2 Å². The number of halogens is 3. The zero-order chi connectivity index (χ0) is 27.7. The molecule has 9 nitrogen and oxygen atoms in total. The van der Waals surface area contributed by atoms with Gasteiger partial charge in [-0.25, -0.2) is 0 Å². The summed E-state index contributed by atoms with van der Waals surface area (Å²) in [6.45, 7) is 3.79. The van der Waals surface area contributed by atoms with Gasteiger partial charge in [0.05, 0.1) is 6.07 Å². The number of amides is 3. The lowest BCUT2D eigenvalue weighted by molar-refractivity contribution is -0.274. The molecule has 206 valence electrons. The molecule has 4 rings (SSSR count). The molecule has 5 atom stereocenters. The summed E-state index contributed by atoms with van der Waals surface area (Å²) in [6, 6.07) is 5.12. The van der Waals surface area contributed by atoms with Crippen molar-refractivity contribution in [3.63, 3.8) is 0 Å². The molecule has 0 aromatic heterocycles. The minimum atomic E-state index is -4.81. The Kier molecular flexibility index (Phi) is 7.76. The van der Waals surface area contributed by atoms with Gasteiger partial charge in [0.1, 0.15) is 23.6 Å². The van der Waals surface area contributed by atoms with Crippen LogP contribution in [0.2, 0.25) is 0 Å². The second-order valence-electron chi connectivity index (χ2n) is 10.9. The Morgan fingerprint density at radius 2 is 1.92 bits per heavy atom. The molecule has 3 fully saturated rings. The molecule has 1 aromatic carbocycles. The van der Waals surface area contributed by atoms with E-state index in [0.717, 1.165) is 31.4 Å². The molecule has 3 aliphatic rings. The average Bonchev–Trinajstić information content (AvgIpc) is 3.49. The number of benzene rings is 1. The van der Waals surface area contributed by atoms with E-state index < -0.39 is 48.5 Å². The van der Waals surface area contributed by atoms with Gasteiger partial charge in [-0.05, 0) is 75.6 Å². The number of carbonyl (C=O) groups is 3. The molecule has 0 bridgehead atoms. The molecule has 2 saturated heterocycles. The number of fused-ring (bicyclic) bond motifs is 1. The second-order valence-corrected chi connectivity index (χ2v) is 10.9. The number of hydrogen-bond acceptors (Lipinski definition) is 6. The molecule has 1 unspecified atom stereocenters. The van der Waals surface area contributed by atoms with Crippen LogP contribution in [0.3, 0.4) is 0 Å². The number of nitrogens with one attached hydrogen (secondary N) is 2. The molecular weight excluding hydrogens is 505 g/mol. The maximum Gasteiger partial charge on any atom is 0.573 e. The molecule has 0 spiro atoms. The van der Waals surface area contributed by atoms with E-state index in [2.05, 4.69) is 21.4 Å². The molecule has 38 heavy (non-hydrogen) atoms. The summed E-state index contributed by atoms with van der Waals surface area (Å²) in [4.78, 5) is 40.2. The summed E-state index contributed by atoms with van der Waals surface area (Å²) in [7, 11) is 0. The highest BCUT2D eigenvalue weighted by atomic mass is 19.4. The van der Waals surface area contributed by atoms with E-state index >= 15 is 0 Å². The van der Waals surface area contributed by atoms with E-state index in [4.69, 9.17) is 4.74 Å². The maximum atomic E-state index is 13.4. The van der Waals surface area contributed by atoms with Crippen molar-refractivity contribution in [3.05, 3.63) is 24.3 Å². The zero-order valence-electron chi connectivity index (χ0n) is 21.2. The Morgan fingerprint density at radius 1 is 1.24 bits per heavy atom. The zero-order valence-corrected chi connectivity index (χ0v) is 21.2. The van der Waals surface area contributed by atoms with Crippen LogP contribution in [0.25, 0.3) is 0 Å². The first-order valence-corrected chi connectivity index (χ1v) is 12.7. The van der Waals surface area contributed by atoms with E-state index in [1.54, 1.807) is 0 Å². The Bertz CT molecular complexity index is 1100. The monoisotopic (exact) mass is 536 g/mol. The number of likely N-dealkylation sites (tertiary alicyclic amines) is 1. The smallest absolute Gasteiger partial charge is 0.484 e. The molecular formula is C26H31F3N4O5. The van der Waals surface area contributed by atoms with Gasteiger partial charge in [0, 0.05) is 18.0 Å². The number of nitriles is 1. The van der Waals surface area contributed by atoms with Gasteiger partial charge >= 0.3 is 6.36 Å². The maximum absolute atomic E-state index is 13.4. The lowest BCUT2D eigenvalue weighted by Gasteiger charge is -2.28. The number of hydrogen-bond donors (Lipinski definition) is 2. The highest BCUT2D eigenvalue weighted by Crippen LogP contribution is 2.42. The Balaban J connectivity index is 1.38. The van der Waals surface area contributed by atoms with Gasteiger partial charge in [-0.2, -0.15) is 5.26 Å². The molecule has 3 amide bonds. The standard InChI is InChI=1S/C26H31F3N4O5/c1-25(2)11-16(23(35)32-25)10-17(12-30)31-24(36)22-20-5-3-4-15(20)13-33(22)21(34)14-37-18-6-8-19(9-7-18)38-26(27,28)29/h6-9,15-17,20,22H,3-5,10-11,13-14H2,1-2H3,(H,31,36)(H,32,35)/t15-,16+,17-,20-,22?/m0/s1. The van der Waals surface area contributed by atoms with Gasteiger partial charge in [-0.15, -0.1) is 13.2 Å². The van der Waals surface area contributed by atoms with Crippen LogP contribution in [-0.2, 0) is 14.4 Å². The average molecular weight is 537 g/mol. The topological polar surface area (TPSA) is 121 Å². The molecule has 2 aliphatic heterocycles. The number of nitrogens with zero attached hydrogens (tertiary/aromatic N) is 2. The van der Waals surface area contributed by atoms with E-state index in [-0.39, 0.29) is 35.5 Å². The molecule has 1 aromatic rings. The molecule has 1 saturated carbocycles. The SMILES string of the molecule is CC1(C)C[C@@H](C[C@@H](C#N)NC(=O)C2[C@H]3CCC[C@H]3CN2C(=O)COc2ccc(OC(F)(F)F)cc2)C(=O)N1. The first-order chi connectivity index (χ1) is 17.8. The largest absolute Gasteiger partial charge is 0.573 e. The lowest BCUT2D eigenvalue weighted by Crippen LogP contribution is -2.52. The lowest BCUT2D eigenvalue weighted by atomic mass is 9.91. The van der Waals surface area contributed by atoms with Crippen LogP contribution >= 0.6 is 0 Å². The van der Waals surface area contributed by atoms with E-state index in [9.17, 15) is 32.8 Å². The fraction of sp³-hybridized carbons (Fsp3) is 0.615. The van der Waals surface area contributed by atoms with Crippen LogP contribution in [-0.4, -0.2) is 59.8 Å². The van der Waals surface area contributed by atoms with Crippen molar-refractivity contribution in [2.75, 3.05) is 13.2 Å². The van der Waals surface area contributed by atoms with Crippen molar-refractivity contribution >= 4 is 17.7 Å². The van der Waals surface area contributed by atoms with E-state index in [1.807, 2.05) is 13.8 Å². The van der Waals surface area contributed by atoms with Crippen LogP contribution in [0.5, 0.6) is 11.5 Å². The van der Waals surface area contributed by atoms with Crippen molar-refractivity contribution in [2.45, 2.75) is 69.9 Å². The second kappa shape index (κ2) is 10.7. The van der Waals surface area contributed by atoms with E-state index in [0.29, 0.717) is 13.0 Å². The highest BCUT2D eigenvalue weighted by molar-refractivity contribution is 5.90. The third-order valence-electron chi connectivity index (χ3n) is 7.48. The Morgan fingerprint density at radius 3 is 2.53 bits per heavy atom. The summed E-state index contributed by atoms with van der Waals surface area (Å²) in [6.07, 6.45) is -1.46. The summed E-state index contributed by atoms with van der Waals surface area (Å²) in [5, 5.41) is 15.3. The van der Waals surface area contributed by atoms with Gasteiger partial charge in [-0.1, -0.05) is 6.42 Å². The first-order valence-electron chi connectivity index (χ1n) is 12.7. The fourth-order valence-corrected chi connectivity index (χ4v) is 5.93. The quantitative estimate of drug-likeness (QED) is 0.527. The Hall–Kier alpha value is -3.49. The molecule has 1 aliphatic carbocycles. The van der Waals surface area contributed by atoms with Gasteiger partial charge in [0.2, 0.25) is 11.8 Å². The molecule has 12 heteroatoms. The van der Waals surface area contributed by atoms with Crippen molar-refractivity contribution in [1.82, 2.24) is 15.5 Å². The van der Waals surface area contributed by atoms with Crippen LogP contribution in [0.15, 0.2) is 24.3 Å². The predicted molar refractivity (Wildman–Crippen MR) is 127 cm³/mol. The van der Waals surface area contributed by atoms with Gasteiger partial charge in [0.25, 0.3) is 5.91 Å². The van der Waals surface area contributed by atoms with Gasteiger partial charge in [0.15, 0.2) is 6.61 Å². The highest BCUT2D eigenvalue weighted by Gasteiger charge is 2.50. The summed E-state index contributed by atoms with van der Waals surface area (Å²) in [5.41, 5.74) is -0.372. The number of ether oxygens (including phenoxy) is 2. The minimum Gasteiger partial charge on any atom is -0.484 e. The van der Waals surface area contributed by atoms with Crippen LogP contribution < -0.4 is 20.1 Å². The van der Waals surface area contributed by atoms with Crippen molar-refractivity contribution in [3.8, 4) is 17.6 Å². The van der Waals surface area contributed by atoms with Gasteiger partial charge < -0.3 is 25.0 Å². The Labute approximate surface area is 218 Å². The normalized spacial score (nSPS) is 26.7. The van der Waals surface area contributed by atoms with Crippen LogP contribution in [0, 0.1) is 29.1 Å².